The summed E-state index contributed by atoms with van der Waals surface area (Å²) in [6, 6.07) is 16.4. The van der Waals surface area contributed by atoms with E-state index in [4.69, 9.17) is 0 Å². The van der Waals surface area contributed by atoms with E-state index >= 15 is 0 Å². The Morgan fingerprint density at radius 1 is 1.12 bits per heavy atom. The van der Waals surface area contributed by atoms with Crippen molar-refractivity contribution in [3.05, 3.63) is 81.3 Å². The summed E-state index contributed by atoms with van der Waals surface area (Å²) in [6.07, 6.45) is 1.11. The van der Waals surface area contributed by atoms with Gasteiger partial charge in [-0.15, -0.1) is 11.3 Å². The number of nitrogens with zero attached hydrogens (tertiary/aromatic N) is 1. The number of benzene rings is 2. The SMILES string of the molecule is Cc1cccc(C(C)C)c1NC(=O)Cc1csc(Cc2ccccc2)n1. The summed E-state index contributed by atoms with van der Waals surface area (Å²) in [5.74, 6) is 0.347. The minimum atomic E-state index is -0.0160. The molecule has 134 valence electrons. The topological polar surface area (TPSA) is 42.0 Å². The fourth-order valence-corrected chi connectivity index (χ4v) is 3.80. The van der Waals surface area contributed by atoms with Gasteiger partial charge in [-0.05, 0) is 29.5 Å². The number of aromatic nitrogens is 1. The van der Waals surface area contributed by atoms with Crippen LogP contribution in [0.1, 0.15) is 47.2 Å². The van der Waals surface area contributed by atoms with Gasteiger partial charge in [-0.1, -0.05) is 62.4 Å². The molecular formula is C22H24N2OS. The number of thiazole rings is 1. The van der Waals surface area contributed by atoms with Gasteiger partial charge in [0.1, 0.15) is 0 Å². The van der Waals surface area contributed by atoms with Crippen LogP contribution in [-0.4, -0.2) is 10.9 Å². The lowest BCUT2D eigenvalue weighted by Crippen LogP contribution is -2.17. The molecule has 3 rings (SSSR count). The Balaban J connectivity index is 1.66. The van der Waals surface area contributed by atoms with Crippen LogP contribution < -0.4 is 5.32 Å². The maximum absolute atomic E-state index is 12.5. The predicted molar refractivity (Wildman–Crippen MR) is 109 cm³/mol. The normalized spacial score (nSPS) is 10.9. The van der Waals surface area contributed by atoms with Crippen LogP contribution in [0.5, 0.6) is 0 Å². The highest BCUT2D eigenvalue weighted by atomic mass is 32.1. The highest BCUT2D eigenvalue weighted by molar-refractivity contribution is 7.09. The third-order valence-electron chi connectivity index (χ3n) is 4.33. The fourth-order valence-electron chi connectivity index (χ4n) is 2.97. The van der Waals surface area contributed by atoms with Crippen molar-refractivity contribution in [3.63, 3.8) is 0 Å². The molecule has 0 atom stereocenters. The molecular weight excluding hydrogens is 340 g/mol. The second-order valence-corrected chi connectivity index (χ2v) is 7.76. The van der Waals surface area contributed by atoms with Crippen LogP contribution in [0.2, 0.25) is 0 Å². The lowest BCUT2D eigenvalue weighted by Gasteiger charge is -2.16. The van der Waals surface area contributed by atoms with Gasteiger partial charge in [0.15, 0.2) is 0 Å². The van der Waals surface area contributed by atoms with E-state index in [9.17, 15) is 4.79 Å². The summed E-state index contributed by atoms with van der Waals surface area (Å²) < 4.78 is 0. The molecule has 0 fully saturated rings. The van der Waals surface area contributed by atoms with Gasteiger partial charge in [0, 0.05) is 17.5 Å². The van der Waals surface area contributed by atoms with E-state index in [1.165, 1.54) is 11.1 Å². The van der Waals surface area contributed by atoms with Crippen LogP contribution in [0.4, 0.5) is 5.69 Å². The number of carbonyl (C=O) groups excluding carboxylic acids is 1. The zero-order valence-electron chi connectivity index (χ0n) is 15.5. The molecule has 0 spiro atoms. The summed E-state index contributed by atoms with van der Waals surface area (Å²) in [5, 5.41) is 6.12. The van der Waals surface area contributed by atoms with E-state index in [0.29, 0.717) is 12.3 Å². The molecule has 1 amide bonds. The van der Waals surface area contributed by atoms with Gasteiger partial charge in [0.05, 0.1) is 17.1 Å². The predicted octanol–water partition coefficient (Wildman–Crippen LogP) is 5.35. The first-order chi connectivity index (χ1) is 12.5. The highest BCUT2D eigenvalue weighted by Crippen LogP contribution is 2.27. The van der Waals surface area contributed by atoms with Crippen molar-refractivity contribution >= 4 is 22.9 Å². The Labute approximate surface area is 159 Å². The maximum Gasteiger partial charge on any atom is 0.230 e. The smallest absolute Gasteiger partial charge is 0.230 e. The monoisotopic (exact) mass is 364 g/mol. The summed E-state index contributed by atoms with van der Waals surface area (Å²) in [6.45, 7) is 6.31. The van der Waals surface area contributed by atoms with Gasteiger partial charge in [0.2, 0.25) is 5.91 Å². The van der Waals surface area contributed by atoms with Crippen LogP contribution in [0.15, 0.2) is 53.9 Å². The number of hydrogen-bond donors (Lipinski definition) is 1. The number of amides is 1. The van der Waals surface area contributed by atoms with Crippen LogP contribution in [-0.2, 0) is 17.6 Å². The van der Waals surface area contributed by atoms with Crippen molar-refractivity contribution in [1.82, 2.24) is 4.98 Å². The van der Waals surface area contributed by atoms with E-state index in [2.05, 4.69) is 42.3 Å². The second-order valence-electron chi connectivity index (χ2n) is 6.81. The summed E-state index contributed by atoms with van der Waals surface area (Å²) in [4.78, 5) is 17.2. The molecule has 0 aliphatic rings. The average molecular weight is 365 g/mol. The Bertz CT molecular complexity index is 884. The zero-order valence-corrected chi connectivity index (χ0v) is 16.3. The van der Waals surface area contributed by atoms with Crippen molar-refractivity contribution < 1.29 is 4.79 Å². The molecule has 2 aromatic carbocycles. The van der Waals surface area contributed by atoms with Crippen molar-refractivity contribution in [2.45, 2.75) is 39.5 Å². The van der Waals surface area contributed by atoms with E-state index in [1.807, 2.05) is 42.6 Å². The molecule has 0 aliphatic heterocycles. The van der Waals surface area contributed by atoms with Crippen LogP contribution >= 0.6 is 11.3 Å². The van der Waals surface area contributed by atoms with Crippen molar-refractivity contribution in [2.75, 3.05) is 5.32 Å². The molecule has 0 bridgehead atoms. The molecule has 1 heterocycles. The Kier molecular flexibility index (Phi) is 5.84. The van der Waals surface area contributed by atoms with Crippen molar-refractivity contribution in [2.24, 2.45) is 0 Å². The molecule has 0 saturated heterocycles. The van der Waals surface area contributed by atoms with Gasteiger partial charge < -0.3 is 5.32 Å². The molecule has 0 aliphatic carbocycles. The lowest BCUT2D eigenvalue weighted by atomic mass is 9.98. The summed E-state index contributed by atoms with van der Waals surface area (Å²) in [5.41, 5.74) is 5.26. The number of carbonyl (C=O) groups is 1. The van der Waals surface area contributed by atoms with Gasteiger partial charge >= 0.3 is 0 Å². The van der Waals surface area contributed by atoms with Gasteiger partial charge in [0.25, 0.3) is 0 Å². The first-order valence-corrected chi connectivity index (χ1v) is 9.77. The Morgan fingerprint density at radius 3 is 2.62 bits per heavy atom. The largest absolute Gasteiger partial charge is 0.325 e. The van der Waals surface area contributed by atoms with Crippen LogP contribution in [0, 0.1) is 6.92 Å². The molecule has 1 N–H and O–H groups in total. The number of aryl methyl sites for hydroxylation is 1. The quantitative estimate of drug-likeness (QED) is 0.641. The third kappa shape index (κ3) is 4.58. The van der Waals surface area contributed by atoms with Crippen molar-refractivity contribution in [1.29, 1.82) is 0 Å². The molecule has 0 saturated carbocycles. The van der Waals surface area contributed by atoms with E-state index in [1.54, 1.807) is 11.3 Å². The van der Waals surface area contributed by atoms with Gasteiger partial charge in [-0.3, -0.25) is 4.79 Å². The standard InChI is InChI=1S/C22H24N2OS/c1-15(2)19-11-7-8-16(3)22(19)24-20(25)13-18-14-26-21(23-18)12-17-9-5-4-6-10-17/h4-11,14-15H,12-13H2,1-3H3,(H,24,25). The molecule has 0 radical (unpaired) electrons. The van der Waals surface area contributed by atoms with E-state index < -0.39 is 0 Å². The molecule has 3 aromatic rings. The first kappa shape index (κ1) is 18.3. The van der Waals surface area contributed by atoms with Crippen LogP contribution in [0.3, 0.4) is 0 Å². The molecule has 0 unspecified atom stereocenters. The first-order valence-electron chi connectivity index (χ1n) is 8.89. The number of nitrogens with one attached hydrogen (secondary N) is 1. The number of rotatable bonds is 6. The fraction of sp³-hybridized carbons (Fsp3) is 0.273. The van der Waals surface area contributed by atoms with E-state index in [0.717, 1.165) is 28.4 Å². The zero-order chi connectivity index (χ0) is 18.5. The molecule has 3 nitrogen and oxygen atoms in total. The van der Waals surface area contributed by atoms with Crippen LogP contribution in [0.25, 0.3) is 0 Å². The molecule has 1 aromatic heterocycles. The second kappa shape index (κ2) is 8.28. The molecule has 26 heavy (non-hydrogen) atoms. The number of hydrogen-bond acceptors (Lipinski definition) is 3. The number of para-hydroxylation sites is 1. The Morgan fingerprint density at radius 2 is 1.88 bits per heavy atom. The molecule has 4 heteroatoms. The number of anilines is 1. The Hall–Kier alpha value is -2.46. The van der Waals surface area contributed by atoms with Gasteiger partial charge in [-0.25, -0.2) is 4.98 Å². The summed E-state index contributed by atoms with van der Waals surface area (Å²) >= 11 is 1.61. The van der Waals surface area contributed by atoms with Crippen molar-refractivity contribution in [3.8, 4) is 0 Å². The minimum Gasteiger partial charge on any atom is -0.325 e. The summed E-state index contributed by atoms with van der Waals surface area (Å²) in [7, 11) is 0. The highest BCUT2D eigenvalue weighted by Gasteiger charge is 2.14. The van der Waals surface area contributed by atoms with E-state index in [-0.39, 0.29) is 5.91 Å². The average Bonchev–Trinajstić information content (AvgIpc) is 3.04. The third-order valence-corrected chi connectivity index (χ3v) is 5.23. The van der Waals surface area contributed by atoms with Gasteiger partial charge in [-0.2, -0.15) is 0 Å². The minimum absolute atomic E-state index is 0.0160. The maximum atomic E-state index is 12.5. The lowest BCUT2D eigenvalue weighted by molar-refractivity contribution is -0.115.